The van der Waals surface area contributed by atoms with E-state index in [4.69, 9.17) is 9.47 Å². The first-order chi connectivity index (χ1) is 10.9. The molecule has 2 fully saturated rings. The minimum Gasteiger partial charge on any atom is -0.359 e. The van der Waals surface area contributed by atoms with Gasteiger partial charge in [-0.3, -0.25) is 0 Å². The molecule has 0 aromatic heterocycles. The zero-order valence-electron chi connectivity index (χ0n) is 14.5. The summed E-state index contributed by atoms with van der Waals surface area (Å²) >= 11 is 0. The van der Waals surface area contributed by atoms with Gasteiger partial charge >= 0.3 is 0 Å². The average molecular weight is 312 g/mol. The highest BCUT2D eigenvalue weighted by molar-refractivity contribution is 4.73. The first-order valence-electron chi connectivity index (χ1n) is 9.42. The van der Waals surface area contributed by atoms with E-state index in [1.807, 2.05) is 0 Å². The molecule has 0 spiro atoms. The lowest BCUT2D eigenvalue weighted by Gasteiger charge is -2.31. The second-order valence-electron chi connectivity index (χ2n) is 7.03. The number of hydrogen-bond acceptors (Lipinski definition) is 4. The van der Waals surface area contributed by atoms with Gasteiger partial charge < -0.3 is 19.7 Å². The molecular formula is C18H36N2O2. The van der Waals surface area contributed by atoms with Crippen LogP contribution in [0.25, 0.3) is 0 Å². The van der Waals surface area contributed by atoms with Crippen molar-refractivity contribution in [2.24, 2.45) is 5.92 Å². The highest BCUT2D eigenvalue weighted by Gasteiger charge is 2.19. The second-order valence-corrected chi connectivity index (χ2v) is 7.03. The van der Waals surface area contributed by atoms with Crippen molar-refractivity contribution in [3.8, 4) is 0 Å². The Morgan fingerprint density at radius 3 is 2.32 bits per heavy atom. The Kier molecular flexibility index (Phi) is 9.41. The van der Waals surface area contributed by atoms with Crippen LogP contribution >= 0.6 is 0 Å². The lowest BCUT2D eigenvalue weighted by molar-refractivity contribution is -0.0884. The van der Waals surface area contributed by atoms with Gasteiger partial charge in [-0.25, -0.2) is 0 Å². The zero-order valence-corrected chi connectivity index (χ0v) is 14.5. The number of piperidine rings is 1. The largest absolute Gasteiger partial charge is 0.359 e. The molecule has 0 unspecified atom stereocenters. The van der Waals surface area contributed by atoms with E-state index in [-0.39, 0.29) is 0 Å². The van der Waals surface area contributed by atoms with Crippen LogP contribution in [0.15, 0.2) is 0 Å². The van der Waals surface area contributed by atoms with Crippen molar-refractivity contribution < 1.29 is 9.47 Å². The topological polar surface area (TPSA) is 33.7 Å². The van der Waals surface area contributed by atoms with Gasteiger partial charge in [-0.1, -0.05) is 32.1 Å². The molecule has 0 aromatic rings. The smallest absolute Gasteiger partial charge is 0.146 e. The maximum Gasteiger partial charge on any atom is 0.146 e. The normalized spacial score (nSPS) is 23.3. The number of hydrogen-bond donors (Lipinski definition) is 1. The van der Waals surface area contributed by atoms with E-state index in [0.29, 0.717) is 12.9 Å². The van der Waals surface area contributed by atoms with Crippen LogP contribution in [-0.2, 0) is 9.47 Å². The fourth-order valence-electron chi connectivity index (χ4n) is 3.75. The Hall–Kier alpha value is -0.160. The van der Waals surface area contributed by atoms with Crippen molar-refractivity contribution in [1.29, 1.82) is 0 Å². The van der Waals surface area contributed by atoms with Gasteiger partial charge in [-0.15, -0.1) is 0 Å². The first-order valence-corrected chi connectivity index (χ1v) is 9.42. The van der Waals surface area contributed by atoms with Crippen LogP contribution in [0.2, 0.25) is 0 Å². The molecule has 2 aliphatic rings. The summed E-state index contributed by atoms with van der Waals surface area (Å²) in [4.78, 5) is 2.57. The quantitative estimate of drug-likeness (QED) is 0.552. The highest BCUT2D eigenvalue weighted by atomic mass is 16.7. The number of rotatable bonds is 8. The number of nitrogens with one attached hydrogen (secondary N) is 1. The molecular weight excluding hydrogens is 276 g/mol. The monoisotopic (exact) mass is 312 g/mol. The van der Waals surface area contributed by atoms with Crippen LogP contribution in [0.4, 0.5) is 0 Å². The van der Waals surface area contributed by atoms with E-state index in [2.05, 4.69) is 10.2 Å². The summed E-state index contributed by atoms with van der Waals surface area (Å²) < 4.78 is 10.6. The Bertz CT molecular complexity index is 260. The number of nitrogens with zero attached hydrogens (tertiary/aromatic N) is 1. The Balaban J connectivity index is 1.48. The molecule has 4 nitrogen and oxygen atoms in total. The summed E-state index contributed by atoms with van der Waals surface area (Å²) in [5.41, 5.74) is 0. The number of ether oxygens (including phenoxy) is 2. The van der Waals surface area contributed by atoms with E-state index >= 15 is 0 Å². The molecule has 0 bridgehead atoms. The summed E-state index contributed by atoms with van der Waals surface area (Å²) in [5.74, 6) is 0.925. The van der Waals surface area contributed by atoms with Crippen LogP contribution in [0.5, 0.6) is 0 Å². The Morgan fingerprint density at radius 2 is 1.64 bits per heavy atom. The average Bonchev–Trinajstić information content (AvgIpc) is 2.52. The fourth-order valence-corrected chi connectivity index (χ4v) is 3.75. The van der Waals surface area contributed by atoms with E-state index in [9.17, 15) is 0 Å². The zero-order chi connectivity index (χ0) is 15.5. The number of likely N-dealkylation sites (tertiary alicyclic amines) is 1. The summed E-state index contributed by atoms with van der Waals surface area (Å²) in [6.45, 7) is 6.32. The van der Waals surface area contributed by atoms with Gasteiger partial charge in [-0.05, 0) is 38.1 Å². The second kappa shape index (κ2) is 11.4. The molecule has 2 rings (SSSR count). The molecule has 0 amide bonds. The lowest BCUT2D eigenvalue weighted by Crippen LogP contribution is -2.41. The van der Waals surface area contributed by atoms with Crippen LogP contribution in [0.3, 0.4) is 0 Å². The van der Waals surface area contributed by atoms with Crippen molar-refractivity contribution in [2.75, 3.05) is 46.6 Å². The molecule has 1 N–H and O–H groups in total. The van der Waals surface area contributed by atoms with Crippen LogP contribution in [0.1, 0.15) is 57.8 Å². The van der Waals surface area contributed by atoms with Gasteiger partial charge in [0, 0.05) is 33.3 Å². The standard InChI is InChI=1S/C18H36N2O2/c1-21-16-22-18-9-12-20(13-10-18)14-11-19-15-17-7-5-3-2-4-6-8-17/h17-19H,2-16H2,1H3. The molecule has 1 aliphatic carbocycles. The van der Waals surface area contributed by atoms with Gasteiger partial charge in [0.15, 0.2) is 0 Å². The third-order valence-electron chi connectivity index (χ3n) is 5.22. The van der Waals surface area contributed by atoms with Gasteiger partial charge in [0.2, 0.25) is 0 Å². The minimum absolute atomic E-state index is 0.402. The molecule has 1 aliphatic heterocycles. The maximum atomic E-state index is 5.64. The Labute approximate surface area is 136 Å². The predicted octanol–water partition coefficient (Wildman–Crippen LogP) is 3.02. The Morgan fingerprint density at radius 1 is 0.955 bits per heavy atom. The van der Waals surface area contributed by atoms with Gasteiger partial charge in [0.1, 0.15) is 6.79 Å². The van der Waals surface area contributed by atoms with Gasteiger partial charge in [0.05, 0.1) is 6.10 Å². The summed E-state index contributed by atoms with van der Waals surface area (Å²) in [6, 6.07) is 0. The third-order valence-corrected chi connectivity index (χ3v) is 5.22. The molecule has 22 heavy (non-hydrogen) atoms. The molecule has 1 saturated carbocycles. The van der Waals surface area contributed by atoms with Crippen LogP contribution < -0.4 is 5.32 Å². The molecule has 1 saturated heterocycles. The molecule has 130 valence electrons. The molecule has 4 heteroatoms. The van der Waals surface area contributed by atoms with E-state index in [1.54, 1.807) is 7.11 Å². The highest BCUT2D eigenvalue weighted by Crippen LogP contribution is 2.21. The van der Waals surface area contributed by atoms with Gasteiger partial charge in [0.25, 0.3) is 0 Å². The summed E-state index contributed by atoms with van der Waals surface area (Å²) in [6.07, 6.45) is 12.8. The van der Waals surface area contributed by atoms with Crippen molar-refractivity contribution in [3.63, 3.8) is 0 Å². The predicted molar refractivity (Wildman–Crippen MR) is 91.1 cm³/mol. The van der Waals surface area contributed by atoms with E-state index < -0.39 is 0 Å². The molecule has 1 heterocycles. The van der Waals surface area contributed by atoms with E-state index in [0.717, 1.165) is 25.3 Å². The third kappa shape index (κ3) is 7.40. The fraction of sp³-hybridized carbons (Fsp3) is 1.00. The van der Waals surface area contributed by atoms with E-state index in [1.165, 1.54) is 71.1 Å². The number of methoxy groups -OCH3 is 1. The summed E-state index contributed by atoms with van der Waals surface area (Å²) in [7, 11) is 1.69. The molecule has 0 radical (unpaired) electrons. The minimum atomic E-state index is 0.402. The van der Waals surface area contributed by atoms with Crippen molar-refractivity contribution in [3.05, 3.63) is 0 Å². The van der Waals surface area contributed by atoms with Crippen molar-refractivity contribution in [1.82, 2.24) is 10.2 Å². The lowest BCUT2D eigenvalue weighted by atomic mass is 9.91. The molecule has 0 atom stereocenters. The van der Waals surface area contributed by atoms with Crippen molar-refractivity contribution in [2.45, 2.75) is 63.9 Å². The molecule has 0 aromatic carbocycles. The van der Waals surface area contributed by atoms with Crippen LogP contribution in [0, 0.1) is 5.92 Å². The van der Waals surface area contributed by atoms with Gasteiger partial charge in [-0.2, -0.15) is 0 Å². The maximum absolute atomic E-state index is 5.64. The summed E-state index contributed by atoms with van der Waals surface area (Å²) in [5, 5.41) is 3.70. The van der Waals surface area contributed by atoms with Crippen molar-refractivity contribution >= 4 is 0 Å². The van der Waals surface area contributed by atoms with Crippen LogP contribution in [-0.4, -0.2) is 57.6 Å². The SMILES string of the molecule is COCOC1CCN(CCNCC2CCCCCCC2)CC1. The first kappa shape index (κ1) is 18.2.